The maximum Gasteiger partial charge on any atom is 0.415 e. The average molecular weight is 566 g/mol. The lowest BCUT2D eigenvalue weighted by Gasteiger charge is -2.36. The van der Waals surface area contributed by atoms with E-state index in [9.17, 15) is 9.59 Å². The number of benzene rings is 2. The molecule has 0 N–H and O–H groups in total. The summed E-state index contributed by atoms with van der Waals surface area (Å²) in [6, 6.07) is 9.60. The fourth-order valence-corrected chi connectivity index (χ4v) is 5.77. The van der Waals surface area contributed by atoms with Gasteiger partial charge in [-0.25, -0.2) is 14.0 Å². The van der Waals surface area contributed by atoms with E-state index in [-0.39, 0.29) is 5.56 Å². The number of esters is 1. The van der Waals surface area contributed by atoms with Crippen molar-refractivity contribution in [3.8, 4) is 5.75 Å². The van der Waals surface area contributed by atoms with Crippen LogP contribution in [0, 0.1) is 5.82 Å². The van der Waals surface area contributed by atoms with Crippen LogP contribution < -0.4 is 9.64 Å². The molecule has 0 aliphatic rings. The standard InChI is InChI=1S/C27H40FNO7Si2/c1-26(2,3)34-25(31)29(18-11-13-19(32-6)14-12-18)22(23(30)33-7)20-15-10-17(16-21(20)28)27(4,5)24(35-37-8)36-38-9/h10-16,22,24H,37-38H2,1-9H3. The van der Waals surface area contributed by atoms with Gasteiger partial charge >= 0.3 is 12.1 Å². The van der Waals surface area contributed by atoms with Crippen LogP contribution in [0.3, 0.4) is 0 Å². The molecular weight excluding hydrogens is 525 g/mol. The van der Waals surface area contributed by atoms with Gasteiger partial charge < -0.3 is 23.1 Å². The lowest BCUT2D eigenvalue weighted by Crippen LogP contribution is -2.43. The summed E-state index contributed by atoms with van der Waals surface area (Å²) in [6.45, 7) is 13.0. The van der Waals surface area contributed by atoms with E-state index in [0.29, 0.717) is 17.0 Å². The number of amides is 1. The van der Waals surface area contributed by atoms with Gasteiger partial charge in [0.1, 0.15) is 23.5 Å². The van der Waals surface area contributed by atoms with E-state index in [1.165, 1.54) is 26.4 Å². The van der Waals surface area contributed by atoms with E-state index in [2.05, 4.69) is 0 Å². The molecule has 8 nitrogen and oxygen atoms in total. The van der Waals surface area contributed by atoms with E-state index >= 15 is 4.39 Å². The molecule has 1 amide bonds. The third-order valence-corrected chi connectivity index (χ3v) is 7.16. The Morgan fingerprint density at radius 2 is 1.50 bits per heavy atom. The number of anilines is 1. The molecule has 38 heavy (non-hydrogen) atoms. The molecule has 0 aromatic heterocycles. The largest absolute Gasteiger partial charge is 0.497 e. The van der Waals surface area contributed by atoms with Crippen molar-refractivity contribution in [2.75, 3.05) is 19.1 Å². The van der Waals surface area contributed by atoms with E-state index in [0.717, 1.165) is 4.90 Å². The zero-order chi connectivity index (χ0) is 28.7. The second-order valence-electron chi connectivity index (χ2n) is 10.2. The highest BCUT2D eigenvalue weighted by atomic mass is 28.2. The van der Waals surface area contributed by atoms with Crippen molar-refractivity contribution in [2.24, 2.45) is 0 Å². The number of ether oxygens (including phenoxy) is 3. The molecule has 0 fully saturated rings. The molecule has 0 aliphatic carbocycles. The molecule has 1 atom stereocenters. The number of halogens is 1. The highest BCUT2D eigenvalue weighted by Gasteiger charge is 2.39. The SMILES string of the molecule is COC(=O)C(c1ccc(C(C)(C)C(O[SiH2]C)O[SiH2]C)cc1F)N(C(=O)OC(C)(C)C)c1ccc(OC)cc1. The summed E-state index contributed by atoms with van der Waals surface area (Å²) in [6.07, 6.45) is -1.32. The van der Waals surface area contributed by atoms with Crippen molar-refractivity contribution >= 4 is 37.3 Å². The third kappa shape index (κ3) is 7.65. The Labute approximate surface area is 229 Å². The fraction of sp³-hybridized carbons (Fsp3) is 0.481. The van der Waals surface area contributed by atoms with Gasteiger partial charge in [0.2, 0.25) is 0 Å². The summed E-state index contributed by atoms with van der Waals surface area (Å²) >= 11 is 0. The first-order chi connectivity index (χ1) is 17.8. The van der Waals surface area contributed by atoms with Gasteiger partial charge in [0, 0.05) is 16.7 Å². The van der Waals surface area contributed by atoms with Gasteiger partial charge in [-0.05, 0) is 56.7 Å². The lowest BCUT2D eigenvalue weighted by molar-refractivity contribution is -0.142. The van der Waals surface area contributed by atoms with Crippen molar-refractivity contribution in [1.29, 1.82) is 0 Å². The van der Waals surface area contributed by atoms with Gasteiger partial charge in [0.25, 0.3) is 0 Å². The summed E-state index contributed by atoms with van der Waals surface area (Å²) in [7, 11) is 1.15. The van der Waals surface area contributed by atoms with Crippen molar-refractivity contribution in [2.45, 2.75) is 71.1 Å². The first-order valence-electron chi connectivity index (χ1n) is 12.6. The highest BCUT2D eigenvalue weighted by molar-refractivity contribution is 6.26. The van der Waals surface area contributed by atoms with E-state index in [4.69, 9.17) is 23.1 Å². The molecule has 210 valence electrons. The minimum Gasteiger partial charge on any atom is -0.497 e. The van der Waals surface area contributed by atoms with Crippen LogP contribution in [-0.4, -0.2) is 57.7 Å². The first kappa shape index (κ1) is 31.5. The molecule has 11 heteroatoms. The van der Waals surface area contributed by atoms with E-state index in [1.807, 2.05) is 26.9 Å². The van der Waals surface area contributed by atoms with Gasteiger partial charge in [0.15, 0.2) is 25.6 Å². The average Bonchev–Trinajstić information content (AvgIpc) is 2.86. The summed E-state index contributed by atoms with van der Waals surface area (Å²) in [4.78, 5) is 27.7. The Kier molecular flexibility index (Phi) is 11.1. The smallest absolute Gasteiger partial charge is 0.415 e. The molecule has 0 saturated carbocycles. The fourth-order valence-electron chi connectivity index (χ4n) is 3.95. The van der Waals surface area contributed by atoms with Gasteiger partial charge in [-0.1, -0.05) is 39.1 Å². The monoisotopic (exact) mass is 565 g/mol. The maximum atomic E-state index is 15.9. The normalized spacial score (nSPS) is 14.1. The van der Waals surface area contributed by atoms with Gasteiger partial charge in [-0.2, -0.15) is 0 Å². The van der Waals surface area contributed by atoms with Crippen LogP contribution in [-0.2, 0) is 28.5 Å². The number of hydrogen-bond donors (Lipinski definition) is 0. The van der Waals surface area contributed by atoms with Crippen LogP contribution in [0.25, 0.3) is 0 Å². The van der Waals surface area contributed by atoms with Crippen LogP contribution in [0.5, 0.6) is 5.75 Å². The number of methoxy groups -OCH3 is 2. The Balaban J connectivity index is 2.66. The Morgan fingerprint density at radius 1 is 0.921 bits per heavy atom. The summed E-state index contributed by atoms with van der Waals surface area (Å²) < 4.78 is 43.6. The lowest BCUT2D eigenvalue weighted by atomic mass is 9.83. The maximum absolute atomic E-state index is 15.9. The minimum atomic E-state index is -1.45. The van der Waals surface area contributed by atoms with E-state index < -0.39 is 60.8 Å². The first-order valence-corrected chi connectivity index (χ1v) is 16.6. The Morgan fingerprint density at radius 3 is 1.95 bits per heavy atom. The molecule has 0 saturated heterocycles. The number of rotatable bonds is 11. The molecule has 2 rings (SSSR count). The number of carbonyl (C=O) groups excluding carboxylic acids is 2. The van der Waals surface area contributed by atoms with Crippen LogP contribution in [0.2, 0.25) is 13.1 Å². The Hall–Kier alpha value is -2.74. The molecule has 0 radical (unpaired) electrons. The summed E-state index contributed by atoms with van der Waals surface area (Å²) in [5.41, 5.74) is -0.596. The van der Waals surface area contributed by atoms with Crippen molar-refractivity contribution in [3.05, 3.63) is 59.4 Å². The van der Waals surface area contributed by atoms with Crippen LogP contribution in [0.15, 0.2) is 42.5 Å². The molecule has 0 bridgehead atoms. The molecular formula is C27H40FNO7Si2. The third-order valence-electron chi connectivity index (χ3n) is 5.89. The highest BCUT2D eigenvalue weighted by Crippen LogP contribution is 2.36. The van der Waals surface area contributed by atoms with Crippen LogP contribution >= 0.6 is 0 Å². The van der Waals surface area contributed by atoms with Gasteiger partial charge in [0.05, 0.1) is 14.2 Å². The van der Waals surface area contributed by atoms with Crippen molar-refractivity contribution in [3.63, 3.8) is 0 Å². The quantitative estimate of drug-likeness (QED) is 0.227. The number of hydrogen-bond acceptors (Lipinski definition) is 7. The second kappa shape index (κ2) is 13.4. The molecule has 1 unspecified atom stereocenters. The summed E-state index contributed by atoms with van der Waals surface area (Å²) in [5.74, 6) is -0.945. The molecule has 0 heterocycles. The Bertz CT molecular complexity index is 1080. The molecule has 0 spiro atoms. The number of carbonyl (C=O) groups is 2. The zero-order valence-corrected chi connectivity index (χ0v) is 26.6. The summed E-state index contributed by atoms with van der Waals surface area (Å²) in [5, 5.41) is 0. The number of nitrogens with zero attached hydrogens (tertiary/aromatic N) is 1. The second-order valence-corrected chi connectivity index (χ2v) is 12.0. The van der Waals surface area contributed by atoms with Crippen LogP contribution in [0.1, 0.15) is 51.8 Å². The predicted octanol–water partition coefficient (Wildman–Crippen LogP) is 4.39. The van der Waals surface area contributed by atoms with Gasteiger partial charge in [-0.3, -0.25) is 4.90 Å². The molecule has 2 aromatic rings. The zero-order valence-electron chi connectivity index (χ0n) is 23.8. The minimum absolute atomic E-state index is 0.0359. The van der Waals surface area contributed by atoms with Crippen LogP contribution in [0.4, 0.5) is 14.9 Å². The molecule has 0 aliphatic heterocycles. The topological polar surface area (TPSA) is 83.5 Å². The van der Waals surface area contributed by atoms with Crippen molar-refractivity contribution < 1.29 is 37.0 Å². The van der Waals surface area contributed by atoms with Crippen molar-refractivity contribution in [1.82, 2.24) is 0 Å². The van der Waals surface area contributed by atoms with E-state index in [1.54, 1.807) is 51.1 Å². The predicted molar refractivity (Wildman–Crippen MR) is 151 cm³/mol. The molecule has 2 aromatic carbocycles. The van der Waals surface area contributed by atoms with Gasteiger partial charge in [-0.15, -0.1) is 0 Å².